The summed E-state index contributed by atoms with van der Waals surface area (Å²) < 4.78 is 20.5. The van der Waals surface area contributed by atoms with Crippen LogP contribution in [0.15, 0.2) is 77.3 Å². The van der Waals surface area contributed by atoms with Gasteiger partial charge in [-0.1, -0.05) is 58.4 Å². The van der Waals surface area contributed by atoms with E-state index in [2.05, 4.69) is 39.4 Å². The van der Waals surface area contributed by atoms with E-state index in [1.165, 1.54) is 12.1 Å². The molecule has 0 aromatic heterocycles. The zero-order chi connectivity index (χ0) is 16.5. The Labute approximate surface area is 148 Å². The summed E-state index contributed by atoms with van der Waals surface area (Å²) in [5.41, 5.74) is 4.08. The number of hydrogen-bond acceptors (Lipinski definition) is 2. The smallest absolute Gasteiger partial charge is 0.155 e. The molecule has 0 bridgehead atoms. The van der Waals surface area contributed by atoms with E-state index in [0.29, 0.717) is 0 Å². The molecule has 24 heavy (non-hydrogen) atoms. The standard InChI is InChI=1S/C20H15BrFNO/c21-15-8-11-18-17(12-15)19(13-4-2-1-3-5-13)24-20(23-18)14-6-9-16(22)10-7-14/h1-12,19-20,23H/t19-,20-/m1/s1. The highest BCUT2D eigenvalue weighted by Crippen LogP contribution is 2.42. The van der Waals surface area contributed by atoms with Crippen LogP contribution in [0, 0.1) is 5.82 Å². The van der Waals surface area contributed by atoms with Crippen molar-refractivity contribution in [1.82, 2.24) is 0 Å². The predicted molar refractivity (Wildman–Crippen MR) is 96.3 cm³/mol. The Bertz CT molecular complexity index is 851. The third kappa shape index (κ3) is 2.95. The van der Waals surface area contributed by atoms with Crippen molar-refractivity contribution >= 4 is 21.6 Å². The highest BCUT2D eigenvalue weighted by atomic mass is 79.9. The molecule has 3 aromatic carbocycles. The second-order valence-electron chi connectivity index (χ2n) is 5.73. The molecule has 1 heterocycles. The van der Waals surface area contributed by atoms with E-state index in [1.807, 2.05) is 30.3 Å². The highest BCUT2D eigenvalue weighted by Gasteiger charge is 2.29. The fraction of sp³-hybridized carbons (Fsp3) is 0.100. The van der Waals surface area contributed by atoms with E-state index in [1.54, 1.807) is 12.1 Å². The maximum atomic E-state index is 13.2. The van der Waals surface area contributed by atoms with Gasteiger partial charge in [-0.15, -0.1) is 0 Å². The quantitative estimate of drug-likeness (QED) is 0.601. The fourth-order valence-electron chi connectivity index (χ4n) is 2.95. The van der Waals surface area contributed by atoms with Crippen molar-refractivity contribution < 1.29 is 9.13 Å². The van der Waals surface area contributed by atoms with Gasteiger partial charge in [-0.25, -0.2) is 4.39 Å². The van der Waals surface area contributed by atoms with Gasteiger partial charge in [0, 0.05) is 21.3 Å². The van der Waals surface area contributed by atoms with Crippen molar-refractivity contribution in [2.75, 3.05) is 5.32 Å². The van der Waals surface area contributed by atoms with E-state index in [0.717, 1.165) is 26.9 Å². The molecule has 0 fully saturated rings. The Hall–Kier alpha value is -2.17. The first-order valence-electron chi connectivity index (χ1n) is 7.72. The van der Waals surface area contributed by atoms with Gasteiger partial charge in [0.25, 0.3) is 0 Å². The third-order valence-electron chi connectivity index (χ3n) is 4.13. The van der Waals surface area contributed by atoms with Gasteiger partial charge in [-0.3, -0.25) is 0 Å². The number of hydrogen-bond donors (Lipinski definition) is 1. The summed E-state index contributed by atoms with van der Waals surface area (Å²) in [6.07, 6.45) is -0.514. The van der Waals surface area contributed by atoms with Crippen molar-refractivity contribution in [1.29, 1.82) is 0 Å². The summed E-state index contributed by atoms with van der Waals surface area (Å²) in [5, 5.41) is 3.39. The van der Waals surface area contributed by atoms with E-state index < -0.39 is 0 Å². The molecule has 1 aliphatic rings. The second kappa shape index (κ2) is 6.38. The summed E-state index contributed by atoms with van der Waals surface area (Å²) in [4.78, 5) is 0. The van der Waals surface area contributed by atoms with Crippen LogP contribution in [0.1, 0.15) is 29.0 Å². The maximum absolute atomic E-state index is 13.2. The van der Waals surface area contributed by atoms with Gasteiger partial charge in [0.05, 0.1) is 0 Å². The lowest BCUT2D eigenvalue weighted by molar-refractivity contribution is 0.0157. The summed E-state index contributed by atoms with van der Waals surface area (Å²) in [7, 11) is 0. The number of halogens is 2. The lowest BCUT2D eigenvalue weighted by atomic mass is 9.97. The van der Waals surface area contributed by atoms with Crippen molar-refractivity contribution in [2.45, 2.75) is 12.3 Å². The molecule has 0 spiro atoms. The minimum atomic E-state index is -0.329. The molecule has 0 amide bonds. The molecule has 3 aromatic rings. The molecule has 120 valence electrons. The Morgan fingerprint density at radius 3 is 2.38 bits per heavy atom. The van der Waals surface area contributed by atoms with Crippen LogP contribution < -0.4 is 5.32 Å². The van der Waals surface area contributed by atoms with Crippen LogP contribution in [0.25, 0.3) is 0 Å². The molecule has 0 unspecified atom stereocenters. The molecule has 2 nitrogen and oxygen atoms in total. The Kier molecular flexibility index (Phi) is 4.08. The van der Waals surface area contributed by atoms with E-state index in [4.69, 9.17) is 4.74 Å². The molecule has 0 saturated heterocycles. The summed E-state index contributed by atoms with van der Waals surface area (Å²) in [6, 6.07) is 22.6. The monoisotopic (exact) mass is 383 g/mol. The number of benzene rings is 3. The molecule has 4 heteroatoms. The summed E-state index contributed by atoms with van der Waals surface area (Å²) >= 11 is 3.53. The van der Waals surface area contributed by atoms with Gasteiger partial charge in [-0.2, -0.15) is 0 Å². The molecular weight excluding hydrogens is 369 g/mol. The minimum absolute atomic E-state index is 0.185. The number of fused-ring (bicyclic) bond motifs is 1. The van der Waals surface area contributed by atoms with Gasteiger partial charge in [0.1, 0.15) is 11.9 Å². The van der Waals surface area contributed by atoms with Gasteiger partial charge in [0.15, 0.2) is 6.23 Å². The summed E-state index contributed by atoms with van der Waals surface area (Å²) in [6.45, 7) is 0. The second-order valence-corrected chi connectivity index (χ2v) is 6.65. The first-order valence-corrected chi connectivity index (χ1v) is 8.52. The number of nitrogens with one attached hydrogen (secondary N) is 1. The number of rotatable bonds is 2. The molecule has 0 radical (unpaired) electrons. The molecule has 1 N–H and O–H groups in total. The molecule has 0 aliphatic carbocycles. The van der Waals surface area contributed by atoms with Crippen LogP contribution in [-0.4, -0.2) is 0 Å². The van der Waals surface area contributed by atoms with Crippen LogP contribution in [-0.2, 0) is 4.74 Å². The molecule has 0 saturated carbocycles. The van der Waals surface area contributed by atoms with Gasteiger partial charge in [0.2, 0.25) is 0 Å². The molecule has 1 aliphatic heterocycles. The van der Waals surface area contributed by atoms with Gasteiger partial charge < -0.3 is 10.1 Å². The predicted octanol–water partition coefficient (Wildman–Crippen LogP) is 5.82. The Morgan fingerprint density at radius 2 is 1.62 bits per heavy atom. The molecule has 2 atom stereocenters. The van der Waals surface area contributed by atoms with E-state index in [-0.39, 0.29) is 18.1 Å². The normalized spacial score (nSPS) is 19.4. The summed E-state index contributed by atoms with van der Waals surface area (Å²) in [5.74, 6) is -0.251. The first-order chi connectivity index (χ1) is 11.7. The van der Waals surface area contributed by atoms with Crippen molar-refractivity contribution in [3.8, 4) is 0 Å². The average Bonchev–Trinajstić information content (AvgIpc) is 2.62. The minimum Gasteiger partial charge on any atom is -0.356 e. The fourth-order valence-corrected chi connectivity index (χ4v) is 3.33. The van der Waals surface area contributed by atoms with Crippen molar-refractivity contribution in [3.63, 3.8) is 0 Å². The third-order valence-corrected chi connectivity index (χ3v) is 4.62. The average molecular weight is 384 g/mol. The van der Waals surface area contributed by atoms with E-state index in [9.17, 15) is 4.39 Å². The van der Waals surface area contributed by atoms with Gasteiger partial charge >= 0.3 is 0 Å². The number of ether oxygens (including phenoxy) is 1. The van der Waals surface area contributed by atoms with Crippen LogP contribution >= 0.6 is 15.9 Å². The lowest BCUT2D eigenvalue weighted by Gasteiger charge is -2.34. The zero-order valence-electron chi connectivity index (χ0n) is 12.7. The van der Waals surface area contributed by atoms with Crippen LogP contribution in [0.2, 0.25) is 0 Å². The highest BCUT2D eigenvalue weighted by molar-refractivity contribution is 9.10. The maximum Gasteiger partial charge on any atom is 0.155 e. The van der Waals surface area contributed by atoms with Gasteiger partial charge in [-0.05, 0) is 35.9 Å². The van der Waals surface area contributed by atoms with Crippen molar-refractivity contribution in [3.05, 3.63) is 99.8 Å². The topological polar surface area (TPSA) is 21.3 Å². The number of anilines is 1. The zero-order valence-corrected chi connectivity index (χ0v) is 14.3. The first kappa shape index (κ1) is 15.4. The molecule has 4 rings (SSSR count). The Balaban J connectivity index is 1.77. The SMILES string of the molecule is Fc1ccc([C@@H]2Nc3ccc(Br)cc3[C@@H](c3ccccc3)O2)cc1. The van der Waals surface area contributed by atoms with Crippen LogP contribution in [0.4, 0.5) is 10.1 Å². The van der Waals surface area contributed by atoms with Crippen LogP contribution in [0.3, 0.4) is 0 Å². The van der Waals surface area contributed by atoms with Crippen molar-refractivity contribution in [2.24, 2.45) is 0 Å². The largest absolute Gasteiger partial charge is 0.356 e. The Morgan fingerprint density at radius 1 is 0.875 bits per heavy atom. The molecular formula is C20H15BrFNO. The van der Waals surface area contributed by atoms with Crippen LogP contribution in [0.5, 0.6) is 0 Å². The lowest BCUT2D eigenvalue weighted by Crippen LogP contribution is -2.25. The van der Waals surface area contributed by atoms with E-state index >= 15 is 0 Å².